The van der Waals surface area contributed by atoms with Gasteiger partial charge in [-0.25, -0.2) is 13.4 Å². The Hall–Kier alpha value is -1.82. The van der Waals surface area contributed by atoms with Gasteiger partial charge in [0.2, 0.25) is 5.91 Å². The first-order valence-electron chi connectivity index (χ1n) is 8.30. The third-order valence-corrected chi connectivity index (χ3v) is 5.49. The smallest absolute Gasteiger partial charge is 0.354 e. The largest absolute Gasteiger partial charge is 0.511 e. The number of nitrogens with zero attached hydrogens (tertiary/aromatic N) is 3. The fourth-order valence-corrected chi connectivity index (χ4v) is 3.24. The van der Waals surface area contributed by atoms with E-state index in [0.717, 1.165) is 5.57 Å². The molecule has 0 aromatic rings. The lowest BCUT2D eigenvalue weighted by atomic mass is 10.1. The highest BCUT2D eigenvalue weighted by atomic mass is 32.2. The molecule has 27 heavy (non-hydrogen) atoms. The van der Waals surface area contributed by atoms with Crippen molar-refractivity contribution >= 4 is 21.9 Å². The van der Waals surface area contributed by atoms with E-state index in [0.29, 0.717) is 16.8 Å². The summed E-state index contributed by atoms with van der Waals surface area (Å²) >= 11 is 0. The molecule has 0 aliphatic carbocycles. The van der Waals surface area contributed by atoms with E-state index in [1.165, 1.54) is 4.90 Å². The Morgan fingerprint density at radius 2 is 1.85 bits per heavy atom. The summed E-state index contributed by atoms with van der Waals surface area (Å²) in [6.07, 6.45) is 0.370. The topological polar surface area (TPSA) is 94.1 Å². The Labute approximate surface area is 157 Å². The zero-order valence-electron chi connectivity index (χ0n) is 15.6. The molecule has 0 unspecified atom stereocenters. The summed E-state index contributed by atoms with van der Waals surface area (Å²) in [5.41, 5.74) is -4.47. The summed E-state index contributed by atoms with van der Waals surface area (Å²) in [5.74, 6) is 0.114. The van der Waals surface area contributed by atoms with E-state index in [-0.39, 0.29) is 44.4 Å². The SMILES string of the molecule is C=C(C)CNC(=NCC(=O)N(C)C)NC1CCN(S(=O)(=O)C(F)(F)F)CC1. The Balaban J connectivity index is 2.71. The third kappa shape index (κ3) is 7.01. The van der Waals surface area contributed by atoms with Gasteiger partial charge in [-0.1, -0.05) is 12.2 Å². The monoisotopic (exact) mass is 413 g/mol. The van der Waals surface area contributed by atoms with Crippen molar-refractivity contribution in [1.29, 1.82) is 0 Å². The number of halogens is 3. The van der Waals surface area contributed by atoms with Crippen molar-refractivity contribution in [3.05, 3.63) is 12.2 Å². The highest BCUT2D eigenvalue weighted by molar-refractivity contribution is 7.90. The van der Waals surface area contributed by atoms with Crippen LogP contribution in [0, 0.1) is 0 Å². The number of sulfonamides is 1. The number of hydrogen-bond donors (Lipinski definition) is 2. The number of amides is 1. The zero-order valence-corrected chi connectivity index (χ0v) is 16.5. The van der Waals surface area contributed by atoms with Gasteiger partial charge in [-0.15, -0.1) is 0 Å². The van der Waals surface area contributed by atoms with Crippen LogP contribution in [0.1, 0.15) is 19.8 Å². The van der Waals surface area contributed by atoms with Gasteiger partial charge in [0.05, 0.1) is 0 Å². The molecule has 0 spiro atoms. The number of rotatable bonds is 6. The minimum absolute atomic E-state index is 0.0974. The molecule has 2 N–H and O–H groups in total. The first-order chi connectivity index (χ1) is 12.3. The molecule has 1 rings (SSSR count). The molecule has 12 heteroatoms. The maximum Gasteiger partial charge on any atom is 0.511 e. The quantitative estimate of drug-likeness (QED) is 0.376. The Morgan fingerprint density at radius 3 is 2.30 bits per heavy atom. The molecular formula is C15H26F3N5O3S. The van der Waals surface area contributed by atoms with Gasteiger partial charge >= 0.3 is 15.5 Å². The van der Waals surface area contributed by atoms with Crippen molar-refractivity contribution in [2.24, 2.45) is 4.99 Å². The minimum Gasteiger partial charge on any atom is -0.354 e. The summed E-state index contributed by atoms with van der Waals surface area (Å²) < 4.78 is 61.2. The Kier molecular flexibility index (Phi) is 8.08. The second-order valence-corrected chi connectivity index (χ2v) is 8.46. The highest BCUT2D eigenvalue weighted by Crippen LogP contribution is 2.28. The first kappa shape index (κ1) is 23.2. The van der Waals surface area contributed by atoms with Gasteiger partial charge in [-0.2, -0.15) is 17.5 Å². The maximum absolute atomic E-state index is 12.6. The number of likely N-dealkylation sites (N-methyl/N-ethyl adjacent to an activating group) is 1. The van der Waals surface area contributed by atoms with E-state index >= 15 is 0 Å². The van der Waals surface area contributed by atoms with Crippen LogP contribution >= 0.6 is 0 Å². The fourth-order valence-electron chi connectivity index (χ4n) is 2.26. The summed E-state index contributed by atoms with van der Waals surface area (Å²) in [6, 6.07) is -0.268. The fraction of sp³-hybridized carbons (Fsp3) is 0.733. The third-order valence-electron chi connectivity index (χ3n) is 3.86. The number of carbonyl (C=O) groups excluding carboxylic acids is 1. The Bertz CT molecular complexity index is 669. The van der Waals surface area contributed by atoms with Crippen LogP contribution in [0.3, 0.4) is 0 Å². The minimum atomic E-state index is -5.31. The summed E-state index contributed by atoms with van der Waals surface area (Å²) in [4.78, 5) is 17.2. The van der Waals surface area contributed by atoms with E-state index in [9.17, 15) is 26.4 Å². The van der Waals surface area contributed by atoms with Crippen LogP contribution in [0.15, 0.2) is 17.1 Å². The van der Waals surface area contributed by atoms with Gasteiger partial charge < -0.3 is 15.5 Å². The molecule has 0 radical (unpaired) electrons. The second kappa shape index (κ2) is 9.40. The highest BCUT2D eigenvalue weighted by Gasteiger charge is 2.50. The zero-order chi connectivity index (χ0) is 20.8. The van der Waals surface area contributed by atoms with Crippen LogP contribution in [-0.4, -0.2) is 81.3 Å². The van der Waals surface area contributed by atoms with Gasteiger partial charge in [0.25, 0.3) is 0 Å². The summed E-state index contributed by atoms with van der Waals surface area (Å²) in [6.45, 7) is 5.38. The number of aliphatic imine (C=N–C) groups is 1. The van der Waals surface area contributed by atoms with Crippen LogP contribution in [-0.2, 0) is 14.8 Å². The standard InChI is InChI=1S/C15H26F3N5O3S/c1-11(2)9-19-14(20-10-13(24)22(3)4)21-12-5-7-23(8-6-12)27(25,26)15(16,17)18/h12H,1,5-10H2,2-4H3,(H2,19,20,21). The van der Waals surface area contributed by atoms with Gasteiger partial charge in [-0.3, -0.25) is 4.79 Å². The molecule has 0 aromatic heterocycles. The van der Waals surface area contributed by atoms with E-state index in [4.69, 9.17) is 0 Å². The normalized spacial score (nSPS) is 17.5. The lowest BCUT2D eigenvalue weighted by Crippen LogP contribution is -2.52. The molecule has 0 aromatic carbocycles. The van der Waals surface area contributed by atoms with Crippen LogP contribution in [0.4, 0.5) is 13.2 Å². The number of alkyl halides is 3. The molecule has 1 fully saturated rings. The van der Waals surface area contributed by atoms with Gasteiger partial charge in [-0.05, 0) is 19.8 Å². The van der Waals surface area contributed by atoms with Crippen molar-refractivity contribution in [2.45, 2.75) is 31.3 Å². The van der Waals surface area contributed by atoms with Crippen LogP contribution < -0.4 is 10.6 Å². The Morgan fingerprint density at radius 1 is 1.30 bits per heavy atom. The van der Waals surface area contributed by atoms with Crippen molar-refractivity contribution < 1.29 is 26.4 Å². The van der Waals surface area contributed by atoms with E-state index < -0.39 is 15.5 Å². The lowest BCUT2D eigenvalue weighted by Gasteiger charge is -2.32. The predicted octanol–water partition coefficient (Wildman–Crippen LogP) is 0.500. The van der Waals surface area contributed by atoms with E-state index in [1.807, 2.05) is 0 Å². The second-order valence-electron chi connectivity index (χ2n) is 6.53. The maximum atomic E-state index is 12.6. The van der Waals surface area contributed by atoms with E-state index in [1.54, 1.807) is 21.0 Å². The molecule has 1 saturated heterocycles. The molecule has 1 amide bonds. The molecule has 0 bridgehead atoms. The average molecular weight is 413 g/mol. The number of guanidine groups is 1. The number of piperidine rings is 1. The summed E-state index contributed by atoms with van der Waals surface area (Å²) in [5, 5.41) is 6.02. The van der Waals surface area contributed by atoms with Gasteiger partial charge in [0.15, 0.2) is 5.96 Å². The number of carbonyl (C=O) groups is 1. The molecule has 156 valence electrons. The van der Waals surface area contributed by atoms with Crippen molar-refractivity contribution in [1.82, 2.24) is 19.8 Å². The summed E-state index contributed by atoms with van der Waals surface area (Å²) in [7, 11) is -2.11. The lowest BCUT2D eigenvalue weighted by molar-refractivity contribution is -0.127. The molecular weight excluding hydrogens is 387 g/mol. The van der Waals surface area contributed by atoms with Crippen LogP contribution in [0.5, 0.6) is 0 Å². The molecule has 0 atom stereocenters. The number of hydrogen-bond acceptors (Lipinski definition) is 4. The van der Waals surface area contributed by atoms with Crippen molar-refractivity contribution in [2.75, 3.05) is 40.3 Å². The van der Waals surface area contributed by atoms with Gasteiger partial charge in [0.1, 0.15) is 6.54 Å². The molecule has 1 aliphatic heterocycles. The predicted molar refractivity (Wildman–Crippen MR) is 96.5 cm³/mol. The van der Waals surface area contributed by atoms with Gasteiger partial charge in [0, 0.05) is 39.8 Å². The first-order valence-corrected chi connectivity index (χ1v) is 9.74. The van der Waals surface area contributed by atoms with Crippen molar-refractivity contribution in [3.63, 3.8) is 0 Å². The van der Waals surface area contributed by atoms with E-state index in [2.05, 4.69) is 22.2 Å². The molecule has 1 heterocycles. The molecule has 0 saturated carbocycles. The molecule has 8 nitrogen and oxygen atoms in total. The van der Waals surface area contributed by atoms with Crippen molar-refractivity contribution in [3.8, 4) is 0 Å². The van der Waals surface area contributed by atoms with Crippen LogP contribution in [0.2, 0.25) is 0 Å². The van der Waals surface area contributed by atoms with Crippen LogP contribution in [0.25, 0.3) is 0 Å². The molecule has 1 aliphatic rings. The number of nitrogens with one attached hydrogen (secondary N) is 2. The average Bonchev–Trinajstić information content (AvgIpc) is 2.56.